The summed E-state index contributed by atoms with van der Waals surface area (Å²) < 4.78 is 5.43. The minimum Gasteiger partial charge on any atom is -0.496 e. The second kappa shape index (κ2) is 7.49. The fraction of sp³-hybridized carbons (Fsp3) is 0.300. The molecule has 1 atom stereocenters. The van der Waals surface area contributed by atoms with Crippen LogP contribution in [0.1, 0.15) is 18.3 Å². The molecule has 130 valence electrons. The number of aromatic nitrogens is 2. The Bertz CT molecular complexity index is 920. The number of benzene rings is 2. The Morgan fingerprint density at radius 3 is 2.68 bits per heavy atom. The van der Waals surface area contributed by atoms with Gasteiger partial charge >= 0.3 is 0 Å². The molecule has 0 fully saturated rings. The van der Waals surface area contributed by atoms with Crippen LogP contribution in [-0.4, -0.2) is 35.1 Å². The third-order valence-corrected chi connectivity index (χ3v) is 4.52. The zero-order chi connectivity index (χ0) is 17.8. The van der Waals surface area contributed by atoms with Crippen molar-refractivity contribution in [2.75, 3.05) is 14.2 Å². The SMILES string of the molecule is COc1ccccc1C[C@H](C)N(C)Cc1nc2ccccc2c(=O)[nH]1. The van der Waals surface area contributed by atoms with E-state index in [0.29, 0.717) is 17.8 Å². The maximum absolute atomic E-state index is 12.2. The van der Waals surface area contributed by atoms with Gasteiger partial charge in [0, 0.05) is 6.04 Å². The van der Waals surface area contributed by atoms with Crippen LogP contribution in [-0.2, 0) is 13.0 Å². The van der Waals surface area contributed by atoms with Crippen LogP contribution in [0.2, 0.25) is 0 Å². The molecule has 1 aromatic heterocycles. The molecule has 0 unspecified atom stereocenters. The van der Waals surface area contributed by atoms with E-state index in [-0.39, 0.29) is 11.6 Å². The number of nitrogens with one attached hydrogen (secondary N) is 1. The maximum atomic E-state index is 12.2. The second-order valence-electron chi connectivity index (χ2n) is 6.31. The third kappa shape index (κ3) is 3.88. The topological polar surface area (TPSA) is 58.2 Å². The summed E-state index contributed by atoms with van der Waals surface area (Å²) >= 11 is 0. The van der Waals surface area contributed by atoms with Gasteiger partial charge in [0.1, 0.15) is 11.6 Å². The molecule has 0 spiro atoms. The van der Waals surface area contributed by atoms with Crippen molar-refractivity contribution in [3.8, 4) is 5.75 Å². The highest BCUT2D eigenvalue weighted by molar-refractivity contribution is 5.77. The lowest BCUT2D eigenvalue weighted by atomic mass is 10.1. The zero-order valence-corrected chi connectivity index (χ0v) is 14.8. The number of rotatable bonds is 6. The van der Waals surface area contributed by atoms with E-state index in [9.17, 15) is 4.79 Å². The second-order valence-corrected chi connectivity index (χ2v) is 6.31. The first kappa shape index (κ1) is 17.2. The molecule has 1 heterocycles. The lowest BCUT2D eigenvalue weighted by molar-refractivity contribution is 0.240. The number of likely N-dealkylation sites (N-methyl/N-ethyl adjacent to an activating group) is 1. The molecule has 5 heteroatoms. The number of aromatic amines is 1. The first-order chi connectivity index (χ1) is 12.1. The molecule has 0 amide bonds. The zero-order valence-electron chi connectivity index (χ0n) is 14.8. The molecule has 0 aliphatic heterocycles. The van der Waals surface area contributed by atoms with E-state index in [4.69, 9.17) is 4.74 Å². The van der Waals surface area contributed by atoms with E-state index in [0.717, 1.165) is 17.7 Å². The number of para-hydroxylation sites is 2. The molecule has 0 saturated carbocycles. The quantitative estimate of drug-likeness (QED) is 0.751. The van der Waals surface area contributed by atoms with Crippen molar-refractivity contribution in [1.29, 1.82) is 0 Å². The molecule has 3 aromatic rings. The molecule has 3 rings (SSSR count). The van der Waals surface area contributed by atoms with Gasteiger partial charge in [-0.15, -0.1) is 0 Å². The van der Waals surface area contributed by atoms with Crippen molar-refractivity contribution in [1.82, 2.24) is 14.9 Å². The average Bonchev–Trinajstić information content (AvgIpc) is 2.62. The van der Waals surface area contributed by atoms with Crippen LogP contribution in [0.4, 0.5) is 0 Å². The molecular formula is C20H23N3O2. The van der Waals surface area contributed by atoms with E-state index < -0.39 is 0 Å². The fourth-order valence-electron chi connectivity index (χ4n) is 2.95. The molecule has 0 saturated heterocycles. The Hall–Kier alpha value is -2.66. The van der Waals surface area contributed by atoms with Crippen molar-refractivity contribution in [2.45, 2.75) is 25.9 Å². The summed E-state index contributed by atoms with van der Waals surface area (Å²) in [5.41, 5.74) is 1.81. The minimum absolute atomic E-state index is 0.0913. The number of methoxy groups -OCH3 is 1. The van der Waals surface area contributed by atoms with Crippen LogP contribution >= 0.6 is 0 Å². The highest BCUT2D eigenvalue weighted by Crippen LogP contribution is 2.20. The van der Waals surface area contributed by atoms with Gasteiger partial charge in [-0.2, -0.15) is 0 Å². The molecule has 0 aliphatic rings. The Kier molecular flexibility index (Phi) is 5.14. The highest BCUT2D eigenvalue weighted by Gasteiger charge is 2.14. The largest absolute Gasteiger partial charge is 0.496 e. The Labute approximate surface area is 147 Å². The fourth-order valence-corrected chi connectivity index (χ4v) is 2.95. The van der Waals surface area contributed by atoms with Gasteiger partial charge in [-0.1, -0.05) is 30.3 Å². The van der Waals surface area contributed by atoms with Gasteiger partial charge in [-0.25, -0.2) is 4.98 Å². The van der Waals surface area contributed by atoms with Crippen LogP contribution in [0.5, 0.6) is 5.75 Å². The molecule has 1 N–H and O–H groups in total. The summed E-state index contributed by atoms with van der Waals surface area (Å²) in [4.78, 5) is 21.8. The monoisotopic (exact) mass is 337 g/mol. The average molecular weight is 337 g/mol. The molecule has 0 aliphatic carbocycles. The van der Waals surface area contributed by atoms with Crippen molar-refractivity contribution in [3.63, 3.8) is 0 Å². The van der Waals surface area contributed by atoms with Gasteiger partial charge in [0.05, 0.1) is 24.6 Å². The van der Waals surface area contributed by atoms with Crippen LogP contribution in [0.25, 0.3) is 10.9 Å². The summed E-state index contributed by atoms with van der Waals surface area (Å²) in [5.74, 6) is 1.58. The summed E-state index contributed by atoms with van der Waals surface area (Å²) in [7, 11) is 3.73. The van der Waals surface area contributed by atoms with E-state index in [2.05, 4.69) is 27.9 Å². The van der Waals surface area contributed by atoms with Gasteiger partial charge < -0.3 is 9.72 Å². The minimum atomic E-state index is -0.0913. The van der Waals surface area contributed by atoms with Gasteiger partial charge in [0.15, 0.2) is 0 Å². The molecule has 2 aromatic carbocycles. The predicted octanol–water partition coefficient (Wildman–Crippen LogP) is 2.99. The molecule has 25 heavy (non-hydrogen) atoms. The van der Waals surface area contributed by atoms with Crippen LogP contribution in [0.15, 0.2) is 53.3 Å². The molecular weight excluding hydrogens is 314 g/mol. The van der Waals surface area contributed by atoms with Crippen molar-refractivity contribution in [2.24, 2.45) is 0 Å². The first-order valence-electron chi connectivity index (χ1n) is 8.38. The number of nitrogens with zero attached hydrogens (tertiary/aromatic N) is 2. The van der Waals surface area contributed by atoms with Crippen molar-refractivity contribution in [3.05, 3.63) is 70.3 Å². The third-order valence-electron chi connectivity index (χ3n) is 4.52. The van der Waals surface area contributed by atoms with Crippen LogP contribution in [0.3, 0.4) is 0 Å². The van der Waals surface area contributed by atoms with Crippen molar-refractivity contribution < 1.29 is 4.74 Å². The van der Waals surface area contributed by atoms with Gasteiger partial charge in [-0.3, -0.25) is 9.69 Å². The van der Waals surface area contributed by atoms with E-state index >= 15 is 0 Å². The normalized spacial score (nSPS) is 12.5. The summed E-state index contributed by atoms with van der Waals surface area (Å²) in [6, 6.07) is 15.7. The van der Waals surface area contributed by atoms with Gasteiger partial charge in [0.2, 0.25) is 0 Å². The van der Waals surface area contributed by atoms with E-state index in [1.54, 1.807) is 13.2 Å². The molecule has 0 bridgehead atoms. The highest BCUT2D eigenvalue weighted by atomic mass is 16.5. The predicted molar refractivity (Wildman–Crippen MR) is 100.0 cm³/mol. The number of ether oxygens (including phenoxy) is 1. The smallest absolute Gasteiger partial charge is 0.258 e. The van der Waals surface area contributed by atoms with E-state index in [1.165, 1.54) is 5.56 Å². The van der Waals surface area contributed by atoms with Crippen LogP contribution in [0, 0.1) is 0 Å². The Morgan fingerprint density at radius 1 is 1.16 bits per heavy atom. The number of hydrogen-bond acceptors (Lipinski definition) is 4. The van der Waals surface area contributed by atoms with Gasteiger partial charge in [0.25, 0.3) is 5.56 Å². The summed E-state index contributed by atoms with van der Waals surface area (Å²) in [5, 5.41) is 0.621. The first-order valence-corrected chi connectivity index (χ1v) is 8.38. The summed E-state index contributed by atoms with van der Waals surface area (Å²) in [6.45, 7) is 2.74. The number of hydrogen-bond donors (Lipinski definition) is 1. The molecule has 5 nitrogen and oxygen atoms in total. The Morgan fingerprint density at radius 2 is 1.88 bits per heavy atom. The number of fused-ring (bicyclic) bond motifs is 1. The number of H-pyrrole nitrogens is 1. The van der Waals surface area contributed by atoms with Gasteiger partial charge in [-0.05, 0) is 44.2 Å². The molecule has 0 radical (unpaired) electrons. The Balaban J connectivity index is 1.75. The van der Waals surface area contributed by atoms with Crippen LogP contribution < -0.4 is 10.3 Å². The summed E-state index contributed by atoms with van der Waals surface area (Å²) in [6.07, 6.45) is 0.859. The standard InChI is InChI=1S/C20H23N3O2/c1-14(12-15-8-4-7-11-18(15)25-3)23(2)13-19-21-17-10-6-5-9-16(17)20(24)22-19/h4-11,14H,12-13H2,1-3H3,(H,21,22,24)/t14-/m0/s1. The van der Waals surface area contributed by atoms with E-state index in [1.807, 2.05) is 43.4 Å². The maximum Gasteiger partial charge on any atom is 0.258 e. The van der Waals surface area contributed by atoms with Crippen molar-refractivity contribution >= 4 is 10.9 Å². The lowest BCUT2D eigenvalue weighted by Gasteiger charge is -2.25. The lowest BCUT2D eigenvalue weighted by Crippen LogP contribution is -2.32.